The highest BCUT2D eigenvalue weighted by Crippen LogP contribution is 2.32. The van der Waals surface area contributed by atoms with Crippen LogP contribution in [0.2, 0.25) is 0 Å². The Morgan fingerprint density at radius 1 is 1.19 bits per heavy atom. The first-order valence-corrected chi connectivity index (χ1v) is 9.41. The van der Waals surface area contributed by atoms with Crippen LogP contribution in [0.5, 0.6) is 0 Å². The molecule has 2 N–H and O–H groups in total. The van der Waals surface area contributed by atoms with Gasteiger partial charge in [-0.15, -0.1) is 0 Å². The summed E-state index contributed by atoms with van der Waals surface area (Å²) in [6.45, 7) is 4.53. The zero-order valence-corrected chi connectivity index (χ0v) is 14.9. The van der Waals surface area contributed by atoms with Crippen LogP contribution in [0.1, 0.15) is 30.3 Å². The van der Waals surface area contributed by atoms with Crippen molar-refractivity contribution in [3.63, 3.8) is 0 Å². The summed E-state index contributed by atoms with van der Waals surface area (Å²) < 4.78 is 5.87. The van der Waals surface area contributed by atoms with Gasteiger partial charge in [0.2, 0.25) is 0 Å². The Labute approximate surface area is 152 Å². The average Bonchev–Trinajstić information content (AvgIpc) is 3.33. The lowest BCUT2D eigenvalue weighted by Gasteiger charge is -2.49. The fourth-order valence-electron chi connectivity index (χ4n) is 4.58. The van der Waals surface area contributed by atoms with E-state index in [0.717, 1.165) is 29.6 Å². The maximum atomic E-state index is 12.7. The highest BCUT2D eigenvalue weighted by Gasteiger charge is 2.40. The maximum Gasteiger partial charge on any atom is 0.287 e. The number of carbonyl (C=O) groups excluding carboxylic acids is 1. The number of carbonyl (C=O) groups is 1. The SMILES string of the molecule is CC1C(NC(=O)c2ccc(-c3ccc4cc[nH]c4c3)o2)C2CCN1CC2. The Bertz CT molecular complexity index is 947. The van der Waals surface area contributed by atoms with Crippen molar-refractivity contribution >= 4 is 16.8 Å². The summed E-state index contributed by atoms with van der Waals surface area (Å²) in [5.74, 6) is 1.58. The largest absolute Gasteiger partial charge is 0.451 e. The first-order chi connectivity index (χ1) is 12.7. The van der Waals surface area contributed by atoms with Crippen molar-refractivity contribution in [1.82, 2.24) is 15.2 Å². The summed E-state index contributed by atoms with van der Waals surface area (Å²) in [5.41, 5.74) is 2.03. The van der Waals surface area contributed by atoms with Crippen molar-refractivity contribution in [3.05, 3.63) is 48.4 Å². The van der Waals surface area contributed by atoms with E-state index in [-0.39, 0.29) is 11.9 Å². The monoisotopic (exact) mass is 349 g/mol. The minimum atomic E-state index is -0.109. The number of benzene rings is 1. The maximum absolute atomic E-state index is 12.7. The average molecular weight is 349 g/mol. The Morgan fingerprint density at radius 3 is 2.85 bits per heavy atom. The van der Waals surface area contributed by atoms with Crippen LogP contribution in [-0.4, -0.2) is 41.0 Å². The van der Waals surface area contributed by atoms with Crippen LogP contribution in [-0.2, 0) is 0 Å². The fraction of sp³-hybridized carbons (Fsp3) is 0.381. The van der Waals surface area contributed by atoms with E-state index in [9.17, 15) is 4.79 Å². The number of nitrogens with one attached hydrogen (secondary N) is 2. The fourth-order valence-corrected chi connectivity index (χ4v) is 4.58. The number of H-pyrrole nitrogens is 1. The lowest BCUT2D eigenvalue weighted by atomic mass is 9.79. The Kier molecular flexibility index (Phi) is 3.64. The molecule has 0 saturated carbocycles. The predicted molar refractivity (Wildman–Crippen MR) is 101 cm³/mol. The van der Waals surface area contributed by atoms with Crippen LogP contribution in [0.15, 0.2) is 47.0 Å². The van der Waals surface area contributed by atoms with E-state index in [1.165, 1.54) is 12.8 Å². The Balaban J connectivity index is 1.35. The third-order valence-electron chi connectivity index (χ3n) is 6.14. The van der Waals surface area contributed by atoms with Gasteiger partial charge in [0.05, 0.1) is 0 Å². The number of furan rings is 1. The van der Waals surface area contributed by atoms with E-state index in [4.69, 9.17) is 4.42 Å². The molecular weight excluding hydrogens is 326 g/mol. The highest BCUT2D eigenvalue weighted by molar-refractivity contribution is 5.92. The second kappa shape index (κ2) is 6.02. The van der Waals surface area contributed by atoms with Gasteiger partial charge in [0, 0.05) is 29.4 Å². The lowest BCUT2D eigenvalue weighted by molar-refractivity contribution is 0.0211. The van der Waals surface area contributed by atoms with Crippen LogP contribution in [0.3, 0.4) is 0 Å². The van der Waals surface area contributed by atoms with Gasteiger partial charge in [-0.3, -0.25) is 9.69 Å². The van der Waals surface area contributed by atoms with Crippen LogP contribution < -0.4 is 5.32 Å². The van der Waals surface area contributed by atoms with Crippen molar-refractivity contribution in [3.8, 4) is 11.3 Å². The number of aromatic nitrogens is 1. The number of fused-ring (bicyclic) bond motifs is 4. The molecule has 0 spiro atoms. The molecular formula is C21H23N3O2. The molecule has 3 aliphatic rings. The van der Waals surface area contributed by atoms with Gasteiger partial charge in [0.25, 0.3) is 5.91 Å². The lowest BCUT2D eigenvalue weighted by Crippen LogP contribution is -2.62. The third-order valence-corrected chi connectivity index (χ3v) is 6.14. The molecule has 0 aliphatic carbocycles. The van der Waals surface area contributed by atoms with E-state index < -0.39 is 0 Å². The number of aromatic amines is 1. The van der Waals surface area contributed by atoms with Gasteiger partial charge >= 0.3 is 0 Å². The molecule has 2 atom stereocenters. The zero-order chi connectivity index (χ0) is 17.7. The number of hydrogen-bond donors (Lipinski definition) is 2. The summed E-state index contributed by atoms with van der Waals surface area (Å²) in [5, 5.41) is 4.39. The van der Waals surface area contributed by atoms with Crippen molar-refractivity contribution < 1.29 is 9.21 Å². The summed E-state index contributed by atoms with van der Waals surface area (Å²) in [6, 6.07) is 12.4. The topological polar surface area (TPSA) is 61.3 Å². The van der Waals surface area contributed by atoms with E-state index in [0.29, 0.717) is 23.5 Å². The molecule has 2 bridgehead atoms. The van der Waals surface area contributed by atoms with E-state index in [2.05, 4.69) is 28.2 Å². The summed E-state index contributed by atoms with van der Waals surface area (Å²) in [6.07, 6.45) is 4.27. The molecule has 3 fully saturated rings. The molecule has 6 rings (SSSR count). The number of nitrogens with zero attached hydrogens (tertiary/aromatic N) is 1. The number of amides is 1. The second-order valence-corrected chi connectivity index (χ2v) is 7.56. The molecule has 26 heavy (non-hydrogen) atoms. The second-order valence-electron chi connectivity index (χ2n) is 7.56. The Morgan fingerprint density at radius 2 is 2.04 bits per heavy atom. The summed E-state index contributed by atoms with van der Waals surface area (Å²) >= 11 is 0. The van der Waals surface area contributed by atoms with Crippen molar-refractivity contribution in [2.75, 3.05) is 13.1 Å². The summed E-state index contributed by atoms with van der Waals surface area (Å²) in [4.78, 5) is 18.4. The molecule has 2 unspecified atom stereocenters. The number of rotatable bonds is 3. The van der Waals surface area contributed by atoms with Gasteiger partial charge in [-0.2, -0.15) is 0 Å². The molecule has 3 aliphatic heterocycles. The van der Waals surface area contributed by atoms with E-state index >= 15 is 0 Å². The highest BCUT2D eigenvalue weighted by atomic mass is 16.3. The van der Waals surface area contributed by atoms with E-state index in [1.807, 2.05) is 30.5 Å². The quantitative estimate of drug-likeness (QED) is 0.759. The molecule has 3 aromatic rings. The standard InChI is InChI=1S/C21H23N3O2/c1-13-20(15-7-10-24(13)11-8-15)23-21(25)19-5-4-18(26-19)16-3-2-14-6-9-22-17(14)12-16/h2-6,9,12-13,15,20,22H,7-8,10-11H2,1H3,(H,23,25). The van der Waals surface area contributed by atoms with Crippen molar-refractivity contribution in [2.45, 2.75) is 31.8 Å². The van der Waals surface area contributed by atoms with Crippen LogP contribution in [0.25, 0.3) is 22.2 Å². The third kappa shape index (κ3) is 2.54. The molecule has 5 heteroatoms. The van der Waals surface area contributed by atoms with Crippen LogP contribution in [0.4, 0.5) is 0 Å². The molecule has 2 aromatic heterocycles. The van der Waals surface area contributed by atoms with Gasteiger partial charge in [0.1, 0.15) is 5.76 Å². The molecule has 3 saturated heterocycles. The van der Waals surface area contributed by atoms with E-state index in [1.54, 1.807) is 6.07 Å². The van der Waals surface area contributed by atoms with Crippen molar-refractivity contribution in [1.29, 1.82) is 0 Å². The van der Waals surface area contributed by atoms with Gasteiger partial charge in [-0.1, -0.05) is 12.1 Å². The van der Waals surface area contributed by atoms with Crippen molar-refractivity contribution in [2.24, 2.45) is 5.92 Å². The number of hydrogen-bond acceptors (Lipinski definition) is 3. The minimum absolute atomic E-state index is 0.109. The van der Waals surface area contributed by atoms with Crippen LogP contribution in [0, 0.1) is 5.92 Å². The Hall–Kier alpha value is -2.53. The number of piperidine rings is 3. The summed E-state index contributed by atoms with van der Waals surface area (Å²) in [7, 11) is 0. The first kappa shape index (κ1) is 15.7. The van der Waals surface area contributed by atoms with Crippen LogP contribution >= 0.6 is 0 Å². The van der Waals surface area contributed by atoms with Gasteiger partial charge in [-0.05, 0) is 68.4 Å². The van der Waals surface area contributed by atoms with Gasteiger partial charge in [0.15, 0.2) is 5.76 Å². The molecule has 1 amide bonds. The first-order valence-electron chi connectivity index (χ1n) is 9.41. The van der Waals surface area contributed by atoms with Gasteiger partial charge in [-0.25, -0.2) is 0 Å². The zero-order valence-electron chi connectivity index (χ0n) is 14.9. The van der Waals surface area contributed by atoms with Gasteiger partial charge < -0.3 is 14.7 Å². The predicted octanol–water partition coefficient (Wildman–Crippen LogP) is 3.64. The molecule has 5 nitrogen and oxygen atoms in total. The molecule has 5 heterocycles. The normalized spacial score (nSPS) is 27.7. The minimum Gasteiger partial charge on any atom is -0.451 e. The smallest absolute Gasteiger partial charge is 0.287 e. The molecule has 0 radical (unpaired) electrons. The molecule has 134 valence electrons. The molecule has 1 aromatic carbocycles.